The van der Waals surface area contributed by atoms with Crippen molar-refractivity contribution in [2.45, 2.75) is 25.9 Å². The van der Waals surface area contributed by atoms with Crippen LogP contribution in [0.1, 0.15) is 29.3 Å². The van der Waals surface area contributed by atoms with Crippen LogP contribution in [0.4, 0.5) is 4.39 Å². The van der Waals surface area contributed by atoms with Gasteiger partial charge in [-0.25, -0.2) is 9.18 Å². The van der Waals surface area contributed by atoms with Crippen molar-refractivity contribution in [2.75, 3.05) is 6.54 Å². The third-order valence-corrected chi connectivity index (χ3v) is 3.68. The van der Waals surface area contributed by atoms with Gasteiger partial charge in [-0.15, -0.1) is 0 Å². The van der Waals surface area contributed by atoms with Gasteiger partial charge in [0.1, 0.15) is 0 Å². The lowest BCUT2D eigenvalue weighted by atomic mass is 10.1. The first kappa shape index (κ1) is 18.4. The van der Waals surface area contributed by atoms with Crippen molar-refractivity contribution in [3.05, 3.63) is 65.5 Å². The smallest absolute Gasteiger partial charge is 0.335 e. The summed E-state index contributed by atoms with van der Waals surface area (Å²) >= 11 is 0. The molecule has 1 amide bonds. The number of carbonyl (C=O) groups is 2. The lowest BCUT2D eigenvalue weighted by Crippen LogP contribution is -2.39. The second kappa shape index (κ2) is 8.82. The van der Waals surface area contributed by atoms with Crippen molar-refractivity contribution in [2.24, 2.45) is 0 Å². The molecule has 0 spiro atoms. The van der Waals surface area contributed by atoms with Crippen LogP contribution in [0.15, 0.2) is 48.5 Å². The predicted molar refractivity (Wildman–Crippen MR) is 91.2 cm³/mol. The van der Waals surface area contributed by atoms with Gasteiger partial charge in [-0.1, -0.05) is 31.2 Å². The van der Waals surface area contributed by atoms with E-state index in [1.165, 1.54) is 24.3 Å². The Bertz CT molecular complexity index is 730. The minimum Gasteiger partial charge on any atom is -0.478 e. The number of carboxylic acids is 1. The SMILES string of the molecule is CCC(Oc1ccccc1F)C(=O)NCCc1ccc(C(=O)O)cc1. The van der Waals surface area contributed by atoms with Crippen molar-refractivity contribution in [1.82, 2.24) is 5.32 Å². The van der Waals surface area contributed by atoms with Gasteiger partial charge < -0.3 is 15.2 Å². The highest BCUT2D eigenvalue weighted by Gasteiger charge is 2.19. The van der Waals surface area contributed by atoms with Crippen molar-refractivity contribution in [3.8, 4) is 5.75 Å². The Morgan fingerprint density at radius 2 is 1.84 bits per heavy atom. The molecule has 0 saturated carbocycles. The van der Waals surface area contributed by atoms with Crippen molar-refractivity contribution >= 4 is 11.9 Å². The molecule has 0 radical (unpaired) electrons. The number of para-hydroxylation sites is 1. The van der Waals surface area contributed by atoms with Crippen LogP contribution in [0.5, 0.6) is 5.75 Å². The second-order valence-electron chi connectivity index (χ2n) is 5.49. The standard InChI is InChI=1S/C19H20FNO4/c1-2-16(25-17-6-4-3-5-15(17)20)18(22)21-12-11-13-7-9-14(10-8-13)19(23)24/h3-10,16H,2,11-12H2,1H3,(H,21,22)(H,23,24). The molecule has 5 nitrogen and oxygen atoms in total. The van der Waals surface area contributed by atoms with Crippen LogP contribution < -0.4 is 10.1 Å². The van der Waals surface area contributed by atoms with Gasteiger partial charge in [-0.05, 0) is 42.7 Å². The van der Waals surface area contributed by atoms with Crippen molar-refractivity contribution in [3.63, 3.8) is 0 Å². The van der Waals surface area contributed by atoms with E-state index in [0.29, 0.717) is 19.4 Å². The molecular weight excluding hydrogens is 325 g/mol. The normalized spacial score (nSPS) is 11.6. The van der Waals surface area contributed by atoms with E-state index < -0.39 is 17.9 Å². The molecule has 0 aliphatic carbocycles. The predicted octanol–water partition coefficient (Wildman–Crippen LogP) is 3.04. The van der Waals surface area contributed by atoms with Gasteiger partial charge in [-0.2, -0.15) is 0 Å². The molecule has 2 N–H and O–H groups in total. The topological polar surface area (TPSA) is 75.6 Å². The van der Waals surface area contributed by atoms with Gasteiger partial charge in [0.25, 0.3) is 5.91 Å². The molecule has 0 saturated heterocycles. The molecule has 0 aliphatic heterocycles. The molecule has 0 heterocycles. The molecule has 2 aromatic carbocycles. The zero-order valence-corrected chi connectivity index (χ0v) is 13.9. The Balaban J connectivity index is 1.85. The highest BCUT2D eigenvalue weighted by molar-refractivity contribution is 5.87. The van der Waals surface area contributed by atoms with Crippen molar-refractivity contribution < 1.29 is 23.8 Å². The molecular formula is C19H20FNO4. The minimum absolute atomic E-state index is 0.0498. The maximum absolute atomic E-state index is 13.6. The average Bonchev–Trinajstić information content (AvgIpc) is 2.61. The van der Waals surface area contributed by atoms with Crippen LogP contribution in [0.25, 0.3) is 0 Å². The summed E-state index contributed by atoms with van der Waals surface area (Å²) in [6, 6.07) is 12.4. The third kappa shape index (κ3) is 5.31. The summed E-state index contributed by atoms with van der Waals surface area (Å²) in [5.74, 6) is -1.75. The molecule has 0 aromatic heterocycles. The van der Waals surface area contributed by atoms with Crippen LogP contribution in [-0.4, -0.2) is 29.6 Å². The summed E-state index contributed by atoms with van der Waals surface area (Å²) in [4.78, 5) is 23.0. The number of rotatable bonds is 8. The van der Waals surface area contributed by atoms with E-state index in [1.807, 2.05) is 0 Å². The molecule has 1 unspecified atom stereocenters. The fourth-order valence-corrected chi connectivity index (χ4v) is 2.27. The van der Waals surface area contributed by atoms with E-state index in [-0.39, 0.29) is 17.2 Å². The number of carbonyl (C=O) groups excluding carboxylic acids is 1. The van der Waals surface area contributed by atoms with Crippen LogP contribution in [-0.2, 0) is 11.2 Å². The van der Waals surface area contributed by atoms with Crippen LogP contribution >= 0.6 is 0 Å². The Kier molecular flexibility index (Phi) is 6.51. The summed E-state index contributed by atoms with van der Waals surface area (Å²) in [7, 11) is 0. The minimum atomic E-state index is -0.976. The average molecular weight is 345 g/mol. The molecule has 0 aliphatic rings. The molecule has 0 bridgehead atoms. The Morgan fingerprint density at radius 3 is 2.44 bits per heavy atom. The van der Waals surface area contributed by atoms with E-state index >= 15 is 0 Å². The first-order valence-electron chi connectivity index (χ1n) is 8.02. The molecule has 6 heteroatoms. The Hall–Kier alpha value is -2.89. The first-order chi connectivity index (χ1) is 12.0. The molecule has 132 valence electrons. The number of hydrogen-bond donors (Lipinski definition) is 2. The van der Waals surface area contributed by atoms with Gasteiger partial charge in [0.05, 0.1) is 5.56 Å². The Labute approximate surface area is 145 Å². The summed E-state index contributed by atoms with van der Waals surface area (Å²) < 4.78 is 19.1. The number of amides is 1. The molecule has 0 fully saturated rings. The lowest BCUT2D eigenvalue weighted by Gasteiger charge is -2.17. The molecule has 2 aromatic rings. The van der Waals surface area contributed by atoms with E-state index in [2.05, 4.69) is 5.32 Å². The summed E-state index contributed by atoms with van der Waals surface area (Å²) in [5, 5.41) is 11.6. The monoisotopic (exact) mass is 345 g/mol. The largest absolute Gasteiger partial charge is 0.478 e. The van der Waals surface area contributed by atoms with E-state index in [4.69, 9.17) is 9.84 Å². The molecule has 1 atom stereocenters. The number of carboxylic acid groups (broad SMARTS) is 1. The number of aromatic carboxylic acids is 1. The Morgan fingerprint density at radius 1 is 1.16 bits per heavy atom. The fraction of sp³-hybridized carbons (Fsp3) is 0.263. The quantitative estimate of drug-likeness (QED) is 0.771. The van der Waals surface area contributed by atoms with Gasteiger partial charge in [0.15, 0.2) is 17.7 Å². The fourth-order valence-electron chi connectivity index (χ4n) is 2.27. The van der Waals surface area contributed by atoms with Gasteiger partial charge in [-0.3, -0.25) is 4.79 Å². The summed E-state index contributed by atoms with van der Waals surface area (Å²) in [6.45, 7) is 2.16. The molecule has 2 rings (SSSR count). The van der Waals surface area contributed by atoms with E-state index in [1.54, 1.807) is 31.2 Å². The van der Waals surface area contributed by atoms with Crippen LogP contribution in [0.3, 0.4) is 0 Å². The summed E-state index contributed by atoms with van der Waals surface area (Å²) in [5.41, 5.74) is 1.13. The first-order valence-corrected chi connectivity index (χ1v) is 8.02. The number of halogens is 1. The lowest BCUT2D eigenvalue weighted by molar-refractivity contribution is -0.128. The van der Waals surface area contributed by atoms with Crippen molar-refractivity contribution in [1.29, 1.82) is 0 Å². The maximum atomic E-state index is 13.6. The number of ether oxygens (including phenoxy) is 1. The molecule has 25 heavy (non-hydrogen) atoms. The number of nitrogens with one attached hydrogen (secondary N) is 1. The van der Waals surface area contributed by atoms with Gasteiger partial charge in [0.2, 0.25) is 0 Å². The summed E-state index contributed by atoms with van der Waals surface area (Å²) in [6.07, 6.45) is 0.196. The zero-order valence-electron chi connectivity index (χ0n) is 13.9. The van der Waals surface area contributed by atoms with Crippen LogP contribution in [0, 0.1) is 5.82 Å². The number of benzene rings is 2. The third-order valence-electron chi connectivity index (χ3n) is 3.68. The van der Waals surface area contributed by atoms with Gasteiger partial charge >= 0.3 is 5.97 Å². The highest BCUT2D eigenvalue weighted by atomic mass is 19.1. The van der Waals surface area contributed by atoms with Crippen LogP contribution in [0.2, 0.25) is 0 Å². The zero-order chi connectivity index (χ0) is 18.2. The number of hydrogen-bond acceptors (Lipinski definition) is 3. The second-order valence-corrected chi connectivity index (χ2v) is 5.49. The highest BCUT2D eigenvalue weighted by Crippen LogP contribution is 2.18. The van der Waals surface area contributed by atoms with Gasteiger partial charge in [0, 0.05) is 6.54 Å². The van der Waals surface area contributed by atoms with E-state index in [0.717, 1.165) is 5.56 Å². The maximum Gasteiger partial charge on any atom is 0.335 e. The van der Waals surface area contributed by atoms with E-state index in [9.17, 15) is 14.0 Å².